The zero-order valence-electron chi connectivity index (χ0n) is 11.8. The molecule has 0 radical (unpaired) electrons. The Labute approximate surface area is 125 Å². The highest BCUT2D eigenvalue weighted by Crippen LogP contribution is 2.48. The van der Waals surface area contributed by atoms with Crippen molar-refractivity contribution in [1.82, 2.24) is 5.32 Å². The summed E-state index contributed by atoms with van der Waals surface area (Å²) in [4.78, 5) is 12.5. The van der Waals surface area contributed by atoms with Crippen LogP contribution >= 0.6 is 11.6 Å². The van der Waals surface area contributed by atoms with E-state index < -0.39 is 0 Å². The third-order valence-corrected chi connectivity index (χ3v) is 5.09. The lowest BCUT2D eigenvalue weighted by molar-refractivity contribution is -0.123. The summed E-state index contributed by atoms with van der Waals surface area (Å²) in [5, 5.41) is 3.18. The van der Waals surface area contributed by atoms with E-state index in [1.807, 2.05) is 6.07 Å². The molecule has 0 aliphatic heterocycles. The molecule has 20 heavy (non-hydrogen) atoms. The predicted molar refractivity (Wildman–Crippen MR) is 82.1 cm³/mol. The molecule has 108 valence electrons. The Hall–Kier alpha value is -1.02. The summed E-state index contributed by atoms with van der Waals surface area (Å²) >= 11 is 5.84. The summed E-state index contributed by atoms with van der Waals surface area (Å²) in [5.41, 5.74) is 2.89. The van der Waals surface area contributed by atoms with Gasteiger partial charge in [-0.3, -0.25) is 4.79 Å². The highest BCUT2D eigenvalue weighted by molar-refractivity contribution is 6.17. The molecular formula is C17H22ClNO. The Morgan fingerprint density at radius 3 is 2.90 bits per heavy atom. The van der Waals surface area contributed by atoms with Crippen molar-refractivity contribution in [3.63, 3.8) is 0 Å². The highest BCUT2D eigenvalue weighted by Gasteiger charge is 2.42. The van der Waals surface area contributed by atoms with Gasteiger partial charge in [0.2, 0.25) is 5.91 Å². The fourth-order valence-corrected chi connectivity index (χ4v) is 3.72. The smallest absolute Gasteiger partial charge is 0.227 e. The number of alkyl halides is 1. The van der Waals surface area contributed by atoms with Crippen molar-refractivity contribution in [3.8, 4) is 0 Å². The average molecular weight is 292 g/mol. The minimum absolute atomic E-state index is 0.0479. The molecule has 1 amide bonds. The molecule has 0 saturated heterocycles. The van der Waals surface area contributed by atoms with Gasteiger partial charge in [0.1, 0.15) is 0 Å². The second kappa shape index (κ2) is 5.77. The van der Waals surface area contributed by atoms with Gasteiger partial charge in [0.05, 0.1) is 5.92 Å². The molecule has 1 unspecified atom stereocenters. The van der Waals surface area contributed by atoms with Crippen molar-refractivity contribution < 1.29 is 4.79 Å². The van der Waals surface area contributed by atoms with Gasteiger partial charge in [-0.15, -0.1) is 11.6 Å². The van der Waals surface area contributed by atoms with Crippen LogP contribution in [0.25, 0.3) is 0 Å². The molecular weight excluding hydrogens is 270 g/mol. The first kappa shape index (κ1) is 13.9. The lowest BCUT2D eigenvalue weighted by Gasteiger charge is -2.25. The van der Waals surface area contributed by atoms with E-state index in [0.29, 0.717) is 11.3 Å². The van der Waals surface area contributed by atoms with Gasteiger partial charge in [-0.05, 0) is 55.1 Å². The van der Waals surface area contributed by atoms with E-state index in [-0.39, 0.29) is 11.8 Å². The van der Waals surface area contributed by atoms with E-state index in [0.717, 1.165) is 32.2 Å². The zero-order chi connectivity index (χ0) is 14.0. The number of nitrogens with one attached hydrogen (secondary N) is 1. The molecule has 2 aliphatic rings. The average Bonchev–Trinajstić information content (AvgIpc) is 3.25. The van der Waals surface area contributed by atoms with E-state index in [9.17, 15) is 4.79 Å². The molecule has 1 aromatic rings. The second-order valence-electron chi connectivity index (χ2n) is 6.30. The number of benzene rings is 1. The van der Waals surface area contributed by atoms with E-state index in [1.165, 1.54) is 24.0 Å². The molecule has 2 nitrogen and oxygen atoms in total. The van der Waals surface area contributed by atoms with Crippen molar-refractivity contribution in [3.05, 3.63) is 35.4 Å². The van der Waals surface area contributed by atoms with Crippen LogP contribution in [0, 0.1) is 5.41 Å². The van der Waals surface area contributed by atoms with Gasteiger partial charge in [0, 0.05) is 12.4 Å². The van der Waals surface area contributed by atoms with Crippen LogP contribution in [-0.4, -0.2) is 18.3 Å². The third kappa shape index (κ3) is 2.85. The van der Waals surface area contributed by atoms with Gasteiger partial charge in [0.15, 0.2) is 0 Å². The van der Waals surface area contributed by atoms with E-state index in [1.54, 1.807) is 0 Å². The molecule has 1 atom stereocenters. The standard InChI is InChI=1S/C17H22ClNO/c18-11-10-17(8-9-17)12-19-16(20)15-7-3-5-13-4-1-2-6-14(13)15/h1-2,4,6,15H,3,5,7-12H2,(H,19,20). The van der Waals surface area contributed by atoms with E-state index >= 15 is 0 Å². The Morgan fingerprint density at radius 2 is 2.15 bits per heavy atom. The van der Waals surface area contributed by atoms with Crippen molar-refractivity contribution in [2.24, 2.45) is 5.41 Å². The molecule has 0 spiro atoms. The summed E-state index contributed by atoms with van der Waals surface area (Å²) in [6.07, 6.45) is 6.64. The molecule has 2 aliphatic carbocycles. The van der Waals surface area contributed by atoms with E-state index in [2.05, 4.69) is 23.5 Å². The SMILES string of the molecule is O=C(NCC1(CCCl)CC1)C1CCCc2ccccc21. The monoisotopic (exact) mass is 291 g/mol. The van der Waals surface area contributed by atoms with Crippen LogP contribution in [0.4, 0.5) is 0 Å². The molecule has 3 rings (SSSR count). The van der Waals surface area contributed by atoms with Crippen molar-refractivity contribution in [2.45, 2.75) is 44.4 Å². The lowest BCUT2D eigenvalue weighted by Crippen LogP contribution is -2.35. The maximum Gasteiger partial charge on any atom is 0.227 e. The third-order valence-electron chi connectivity index (χ3n) is 4.91. The van der Waals surface area contributed by atoms with Crippen LogP contribution in [0.2, 0.25) is 0 Å². The summed E-state index contributed by atoms with van der Waals surface area (Å²) < 4.78 is 0. The Morgan fingerprint density at radius 1 is 1.35 bits per heavy atom. The maximum absolute atomic E-state index is 12.5. The number of carbonyl (C=O) groups excluding carboxylic acids is 1. The number of carbonyl (C=O) groups is 1. The van der Waals surface area contributed by atoms with Crippen LogP contribution in [0.1, 0.15) is 49.1 Å². The first-order chi connectivity index (χ1) is 9.74. The van der Waals surface area contributed by atoms with Gasteiger partial charge >= 0.3 is 0 Å². The predicted octanol–water partition coefficient (Wildman–Crippen LogP) is 3.63. The first-order valence-corrected chi connectivity index (χ1v) is 8.19. The summed E-state index contributed by atoms with van der Waals surface area (Å²) in [6, 6.07) is 8.38. The minimum atomic E-state index is 0.0479. The number of halogens is 1. The van der Waals surface area contributed by atoms with Crippen molar-refractivity contribution in [2.75, 3.05) is 12.4 Å². The lowest BCUT2D eigenvalue weighted by atomic mass is 9.82. The topological polar surface area (TPSA) is 29.1 Å². The van der Waals surface area contributed by atoms with Gasteiger partial charge in [-0.25, -0.2) is 0 Å². The number of rotatable bonds is 5. The minimum Gasteiger partial charge on any atom is -0.355 e. The second-order valence-corrected chi connectivity index (χ2v) is 6.68. The molecule has 3 heteroatoms. The number of amides is 1. The summed E-state index contributed by atoms with van der Waals surface area (Å²) in [5.74, 6) is 0.951. The molecule has 1 saturated carbocycles. The van der Waals surface area contributed by atoms with Crippen LogP contribution in [0.5, 0.6) is 0 Å². The fourth-order valence-electron chi connectivity index (χ4n) is 3.32. The van der Waals surface area contributed by atoms with Crippen LogP contribution in [-0.2, 0) is 11.2 Å². The molecule has 1 fully saturated rings. The highest BCUT2D eigenvalue weighted by atomic mass is 35.5. The molecule has 1 N–H and O–H groups in total. The zero-order valence-corrected chi connectivity index (χ0v) is 12.6. The maximum atomic E-state index is 12.5. The normalized spacial score (nSPS) is 22.9. The molecule has 0 bridgehead atoms. The van der Waals surface area contributed by atoms with Gasteiger partial charge < -0.3 is 5.32 Å². The number of hydrogen-bond donors (Lipinski definition) is 1. The summed E-state index contributed by atoms with van der Waals surface area (Å²) in [7, 11) is 0. The van der Waals surface area contributed by atoms with E-state index in [4.69, 9.17) is 11.6 Å². The Kier molecular flexibility index (Phi) is 4.02. The Balaban J connectivity index is 1.64. The first-order valence-electron chi connectivity index (χ1n) is 7.66. The van der Waals surface area contributed by atoms with Crippen LogP contribution in [0.15, 0.2) is 24.3 Å². The van der Waals surface area contributed by atoms with Gasteiger partial charge in [-0.2, -0.15) is 0 Å². The van der Waals surface area contributed by atoms with Gasteiger partial charge in [0.25, 0.3) is 0 Å². The van der Waals surface area contributed by atoms with Crippen LogP contribution in [0.3, 0.4) is 0 Å². The summed E-state index contributed by atoms with van der Waals surface area (Å²) in [6.45, 7) is 0.803. The molecule has 0 aromatic heterocycles. The van der Waals surface area contributed by atoms with Crippen molar-refractivity contribution >= 4 is 17.5 Å². The number of fused-ring (bicyclic) bond motifs is 1. The Bertz CT molecular complexity index is 496. The van der Waals surface area contributed by atoms with Gasteiger partial charge in [-0.1, -0.05) is 24.3 Å². The largest absolute Gasteiger partial charge is 0.355 e. The number of hydrogen-bond acceptors (Lipinski definition) is 1. The van der Waals surface area contributed by atoms with Crippen LogP contribution < -0.4 is 5.32 Å². The number of aryl methyl sites for hydroxylation is 1. The quantitative estimate of drug-likeness (QED) is 0.825. The molecule has 1 aromatic carbocycles. The van der Waals surface area contributed by atoms with Crippen molar-refractivity contribution in [1.29, 1.82) is 0 Å². The fraction of sp³-hybridized carbons (Fsp3) is 0.588. The molecule has 0 heterocycles.